The highest BCUT2D eigenvalue weighted by molar-refractivity contribution is 6.01. The van der Waals surface area contributed by atoms with Gasteiger partial charge < -0.3 is 13.7 Å². The maximum Gasteiger partial charge on any atom is 0.303 e. The number of carbonyl (C=O) groups is 2. The smallest absolute Gasteiger partial charge is 0.303 e. The summed E-state index contributed by atoms with van der Waals surface area (Å²) in [5.74, 6) is -0.573. The lowest BCUT2D eigenvalue weighted by Gasteiger charge is -2.40. The van der Waals surface area contributed by atoms with Gasteiger partial charge in [-0.15, -0.1) is 0 Å². The molecule has 6 nitrogen and oxygen atoms in total. The Labute approximate surface area is 256 Å². The largest absolute Gasteiger partial charge is 0.454 e. The van der Waals surface area contributed by atoms with Crippen LogP contribution in [0.1, 0.15) is 63.6 Å². The van der Waals surface area contributed by atoms with Crippen molar-refractivity contribution < 1.29 is 14.3 Å². The molecule has 0 amide bonds. The number of imidazole rings is 1. The maximum atomic E-state index is 14.5. The Morgan fingerprint density at radius 3 is 1.98 bits per heavy atom. The number of aryl methyl sites for hydroxylation is 1. The van der Waals surface area contributed by atoms with E-state index in [1.807, 2.05) is 89.6 Å². The molecule has 218 valence electrons. The number of ketones is 1. The van der Waals surface area contributed by atoms with Crippen molar-refractivity contribution in [3.63, 3.8) is 0 Å². The molecule has 0 radical (unpaired) electrons. The SMILES string of the molecule is CC(=O)OC(c1nccn1C(c1ccccc1)(c1ccccc1)c1ccccc1)C1CCc2c(C)c3ccccn3c2C1=O. The van der Waals surface area contributed by atoms with Crippen LogP contribution in [0, 0.1) is 12.8 Å². The molecule has 3 heterocycles. The first-order valence-corrected chi connectivity index (χ1v) is 15.0. The van der Waals surface area contributed by atoms with Crippen LogP contribution in [0.25, 0.3) is 5.52 Å². The number of hydrogen-bond acceptors (Lipinski definition) is 4. The highest BCUT2D eigenvalue weighted by atomic mass is 16.5. The Kier molecular flexibility index (Phi) is 6.97. The number of rotatable bonds is 7. The fraction of sp³-hybridized carbons (Fsp3) is 0.184. The molecule has 0 spiro atoms. The molecule has 0 aliphatic heterocycles. The zero-order chi connectivity index (χ0) is 30.3. The molecule has 44 heavy (non-hydrogen) atoms. The normalized spacial score (nSPS) is 15.6. The first-order chi connectivity index (χ1) is 21.5. The highest BCUT2D eigenvalue weighted by Gasteiger charge is 2.45. The van der Waals surface area contributed by atoms with E-state index in [1.165, 1.54) is 6.92 Å². The monoisotopic (exact) mass is 579 g/mol. The van der Waals surface area contributed by atoms with Gasteiger partial charge in [-0.1, -0.05) is 97.1 Å². The van der Waals surface area contributed by atoms with E-state index in [-0.39, 0.29) is 5.78 Å². The summed E-state index contributed by atoms with van der Waals surface area (Å²) in [7, 11) is 0. The molecule has 0 bridgehead atoms. The van der Waals surface area contributed by atoms with Crippen molar-refractivity contribution in [2.24, 2.45) is 5.92 Å². The molecule has 2 unspecified atom stereocenters. The predicted molar refractivity (Wildman–Crippen MR) is 170 cm³/mol. The summed E-state index contributed by atoms with van der Waals surface area (Å²) >= 11 is 0. The first kappa shape index (κ1) is 27.6. The molecule has 0 saturated heterocycles. The summed E-state index contributed by atoms with van der Waals surface area (Å²) in [5.41, 5.74) is 6.06. The van der Waals surface area contributed by atoms with E-state index in [0.29, 0.717) is 24.4 Å². The molecule has 0 fully saturated rings. The summed E-state index contributed by atoms with van der Waals surface area (Å²) in [6.45, 7) is 3.47. The molecule has 1 aliphatic carbocycles. The number of esters is 1. The van der Waals surface area contributed by atoms with E-state index in [1.54, 1.807) is 6.20 Å². The Hall–Kier alpha value is -5.23. The standard InChI is InChI=1S/C38H33N3O3/c1-26-31-21-22-32(35(43)34(31)40-24-13-12-20-33(26)40)36(44-27(2)42)37-39-23-25-41(37)38(28-14-6-3-7-15-28,29-16-8-4-9-17-29)30-18-10-5-11-19-30/h3-20,23-25,32,36H,21-22H2,1-2H3. The number of carbonyl (C=O) groups excluding carboxylic acids is 2. The zero-order valence-electron chi connectivity index (χ0n) is 24.8. The van der Waals surface area contributed by atoms with Crippen molar-refractivity contribution in [1.29, 1.82) is 0 Å². The molecule has 0 N–H and O–H groups in total. The molecular weight excluding hydrogens is 546 g/mol. The quantitative estimate of drug-likeness (QED) is 0.147. The minimum absolute atomic E-state index is 0.0360. The molecule has 3 aromatic heterocycles. The number of hydrogen-bond donors (Lipinski definition) is 0. The number of benzene rings is 3. The van der Waals surface area contributed by atoms with Gasteiger partial charge in [0.1, 0.15) is 5.54 Å². The topological polar surface area (TPSA) is 65.6 Å². The summed E-state index contributed by atoms with van der Waals surface area (Å²) in [5, 5.41) is 0. The van der Waals surface area contributed by atoms with Crippen LogP contribution >= 0.6 is 0 Å². The number of Topliss-reactive ketones (excluding diaryl/α,β-unsaturated/α-hetero) is 1. The molecule has 1 aliphatic rings. The van der Waals surface area contributed by atoms with Crippen molar-refractivity contribution in [3.8, 4) is 0 Å². The second-order valence-corrected chi connectivity index (χ2v) is 11.4. The summed E-state index contributed by atoms with van der Waals surface area (Å²) in [4.78, 5) is 32.1. The van der Waals surface area contributed by atoms with E-state index >= 15 is 0 Å². The highest BCUT2D eigenvalue weighted by Crippen LogP contribution is 2.45. The van der Waals surface area contributed by atoms with Gasteiger partial charge >= 0.3 is 5.97 Å². The first-order valence-electron chi connectivity index (χ1n) is 15.0. The number of aromatic nitrogens is 3. The lowest BCUT2D eigenvalue weighted by molar-refractivity contribution is -0.149. The van der Waals surface area contributed by atoms with Crippen molar-refractivity contribution in [3.05, 3.63) is 167 Å². The number of nitrogens with zero attached hydrogens (tertiary/aromatic N) is 3. The molecular formula is C38H33N3O3. The van der Waals surface area contributed by atoms with E-state index in [4.69, 9.17) is 9.72 Å². The Morgan fingerprint density at radius 1 is 0.841 bits per heavy atom. The Bertz CT molecular complexity index is 1860. The number of pyridine rings is 1. The maximum absolute atomic E-state index is 14.5. The van der Waals surface area contributed by atoms with Crippen molar-refractivity contribution >= 4 is 17.3 Å². The molecule has 6 aromatic rings. The van der Waals surface area contributed by atoms with Crippen LogP contribution in [0.3, 0.4) is 0 Å². The van der Waals surface area contributed by atoms with Gasteiger partial charge in [0.05, 0.1) is 11.6 Å². The fourth-order valence-electron chi connectivity index (χ4n) is 7.15. The minimum Gasteiger partial charge on any atom is -0.454 e. The van der Waals surface area contributed by atoms with Crippen LogP contribution < -0.4 is 0 Å². The van der Waals surface area contributed by atoms with Gasteiger partial charge in [0.2, 0.25) is 0 Å². The fourth-order valence-corrected chi connectivity index (χ4v) is 7.15. The summed E-state index contributed by atoms with van der Waals surface area (Å²) in [6.07, 6.45) is 5.98. The molecule has 3 aromatic carbocycles. The third kappa shape index (κ3) is 4.29. The third-order valence-electron chi connectivity index (χ3n) is 9.02. The van der Waals surface area contributed by atoms with Crippen molar-refractivity contribution in [2.45, 2.75) is 38.3 Å². The second kappa shape index (κ2) is 11.1. The summed E-state index contributed by atoms with van der Waals surface area (Å²) in [6, 6.07) is 36.8. The van der Waals surface area contributed by atoms with Gasteiger partial charge in [0.15, 0.2) is 17.7 Å². The molecule has 6 heteroatoms. The van der Waals surface area contributed by atoms with Gasteiger partial charge in [-0.25, -0.2) is 4.98 Å². The van der Waals surface area contributed by atoms with Gasteiger partial charge in [-0.05, 0) is 59.7 Å². The lowest BCUT2D eigenvalue weighted by Crippen LogP contribution is -2.41. The average Bonchev–Trinajstić information content (AvgIpc) is 3.66. The molecule has 0 saturated carbocycles. The van der Waals surface area contributed by atoms with Crippen LogP contribution in [-0.4, -0.2) is 25.7 Å². The predicted octanol–water partition coefficient (Wildman–Crippen LogP) is 7.33. The van der Waals surface area contributed by atoms with E-state index in [2.05, 4.69) is 47.9 Å². The van der Waals surface area contributed by atoms with Crippen LogP contribution in [0.4, 0.5) is 0 Å². The number of fused-ring (bicyclic) bond motifs is 3. The van der Waals surface area contributed by atoms with Crippen LogP contribution in [-0.2, 0) is 21.5 Å². The van der Waals surface area contributed by atoms with Gasteiger partial charge in [0, 0.05) is 31.0 Å². The van der Waals surface area contributed by atoms with Crippen LogP contribution in [0.2, 0.25) is 0 Å². The number of ether oxygens (including phenoxy) is 1. The van der Waals surface area contributed by atoms with Gasteiger partial charge in [0.25, 0.3) is 0 Å². The Balaban J connectivity index is 1.46. The van der Waals surface area contributed by atoms with Crippen LogP contribution in [0.15, 0.2) is 128 Å². The van der Waals surface area contributed by atoms with Crippen LogP contribution in [0.5, 0.6) is 0 Å². The van der Waals surface area contributed by atoms with Gasteiger partial charge in [-0.3, -0.25) is 9.59 Å². The van der Waals surface area contributed by atoms with E-state index in [0.717, 1.165) is 33.3 Å². The average molecular weight is 580 g/mol. The zero-order valence-corrected chi connectivity index (χ0v) is 24.8. The van der Waals surface area contributed by atoms with Crippen molar-refractivity contribution in [1.82, 2.24) is 14.0 Å². The van der Waals surface area contributed by atoms with Crippen molar-refractivity contribution in [2.75, 3.05) is 0 Å². The Morgan fingerprint density at radius 2 is 1.41 bits per heavy atom. The van der Waals surface area contributed by atoms with E-state index < -0.39 is 23.5 Å². The van der Waals surface area contributed by atoms with Gasteiger partial charge in [-0.2, -0.15) is 0 Å². The third-order valence-corrected chi connectivity index (χ3v) is 9.02. The molecule has 7 rings (SSSR count). The van der Waals surface area contributed by atoms with E-state index in [9.17, 15) is 9.59 Å². The summed E-state index contributed by atoms with van der Waals surface area (Å²) < 4.78 is 10.2. The second-order valence-electron chi connectivity index (χ2n) is 11.4. The molecule has 2 atom stereocenters. The minimum atomic E-state index is -0.895. The lowest BCUT2D eigenvalue weighted by atomic mass is 9.76.